The van der Waals surface area contributed by atoms with E-state index in [4.69, 9.17) is 0 Å². The van der Waals surface area contributed by atoms with E-state index in [-0.39, 0.29) is 18.1 Å². The Morgan fingerprint density at radius 1 is 1.22 bits per heavy atom. The fourth-order valence-electron chi connectivity index (χ4n) is 4.22. The molecule has 1 saturated heterocycles. The van der Waals surface area contributed by atoms with Crippen molar-refractivity contribution in [3.05, 3.63) is 42.5 Å². The van der Waals surface area contributed by atoms with E-state index >= 15 is 0 Å². The van der Waals surface area contributed by atoms with E-state index in [9.17, 15) is 9.90 Å². The number of likely N-dealkylation sites (tertiary alicyclic amines) is 1. The highest BCUT2D eigenvalue weighted by Gasteiger charge is 2.26. The molecule has 3 aromatic rings. The summed E-state index contributed by atoms with van der Waals surface area (Å²) in [4.78, 5) is 14.8. The summed E-state index contributed by atoms with van der Waals surface area (Å²) in [5.74, 6) is -0.0253. The summed E-state index contributed by atoms with van der Waals surface area (Å²) in [6, 6.07) is 14.3. The van der Waals surface area contributed by atoms with E-state index < -0.39 is 0 Å². The fourth-order valence-corrected chi connectivity index (χ4v) is 4.22. The maximum atomic E-state index is 12.7. The summed E-state index contributed by atoms with van der Waals surface area (Å²) in [6.07, 6.45) is 1.43. The number of carbonyl (C=O) groups is 1. The summed E-state index contributed by atoms with van der Waals surface area (Å²) >= 11 is 0. The van der Waals surface area contributed by atoms with Crippen molar-refractivity contribution in [2.24, 2.45) is 0 Å². The monoisotopic (exact) mass is 365 g/mol. The zero-order valence-corrected chi connectivity index (χ0v) is 16.0. The molecular weight excluding hydrogens is 338 g/mol. The van der Waals surface area contributed by atoms with Crippen LogP contribution in [0.25, 0.3) is 21.8 Å². The number of aromatic nitrogens is 1. The lowest BCUT2D eigenvalue weighted by Gasteiger charge is -2.33. The Kier molecular flexibility index (Phi) is 4.89. The van der Waals surface area contributed by atoms with Gasteiger partial charge in [0.2, 0.25) is 5.91 Å². The lowest BCUT2D eigenvalue weighted by atomic mass is 10.1. The molecule has 0 bridgehead atoms. The number of carbonyl (C=O) groups excluding carboxylic acids is 1. The Balaban J connectivity index is 1.61. The van der Waals surface area contributed by atoms with Crippen LogP contribution in [0.3, 0.4) is 0 Å². The minimum absolute atomic E-state index is 0.0253. The molecule has 1 fully saturated rings. The molecule has 142 valence electrons. The van der Waals surface area contributed by atoms with Gasteiger partial charge in [0.25, 0.3) is 0 Å². The summed E-state index contributed by atoms with van der Waals surface area (Å²) in [5, 5.41) is 15.3. The lowest BCUT2D eigenvalue weighted by Crippen LogP contribution is -2.48. The number of nitrogens with zero attached hydrogens (tertiary/aromatic N) is 2. The molecule has 4 rings (SSSR count). The number of para-hydroxylation sites is 1. The molecule has 2 atom stereocenters. The Hall–Kier alpha value is -2.37. The standard InChI is InChI=1S/C22H27N3O2/c1-3-25-20-9-5-4-8-18(20)19-13-16(10-11-21(19)25)23-22(27)15(2)24-12-6-7-17(26)14-24/h4-5,8-11,13,15,17,26H,3,6-7,12,14H2,1-2H3,(H,23,27). The Bertz CT molecular complexity index is 978. The third kappa shape index (κ3) is 3.33. The number of anilines is 1. The van der Waals surface area contributed by atoms with Crippen LogP contribution >= 0.6 is 0 Å². The number of hydrogen-bond acceptors (Lipinski definition) is 3. The number of rotatable bonds is 4. The molecule has 0 spiro atoms. The first kappa shape index (κ1) is 18.0. The Morgan fingerprint density at radius 3 is 2.78 bits per heavy atom. The molecule has 5 nitrogen and oxygen atoms in total. The van der Waals surface area contributed by atoms with Crippen LogP contribution in [-0.4, -0.2) is 45.7 Å². The number of piperidine rings is 1. The van der Waals surface area contributed by atoms with Gasteiger partial charge in [0, 0.05) is 40.6 Å². The number of amides is 1. The van der Waals surface area contributed by atoms with Crippen LogP contribution in [0.2, 0.25) is 0 Å². The molecule has 27 heavy (non-hydrogen) atoms. The van der Waals surface area contributed by atoms with Crippen LogP contribution in [0.5, 0.6) is 0 Å². The maximum Gasteiger partial charge on any atom is 0.241 e. The van der Waals surface area contributed by atoms with Gasteiger partial charge in [0.15, 0.2) is 0 Å². The van der Waals surface area contributed by atoms with E-state index in [1.165, 1.54) is 16.4 Å². The largest absolute Gasteiger partial charge is 0.392 e. The van der Waals surface area contributed by atoms with E-state index in [0.29, 0.717) is 6.54 Å². The molecular formula is C22H27N3O2. The number of aryl methyl sites for hydroxylation is 1. The van der Waals surface area contributed by atoms with E-state index in [2.05, 4.69) is 58.1 Å². The number of nitrogens with one attached hydrogen (secondary N) is 1. The molecule has 0 saturated carbocycles. The van der Waals surface area contributed by atoms with Crippen LogP contribution in [0.15, 0.2) is 42.5 Å². The van der Waals surface area contributed by atoms with Crippen LogP contribution in [0, 0.1) is 0 Å². The Morgan fingerprint density at radius 2 is 2.00 bits per heavy atom. The quantitative estimate of drug-likeness (QED) is 0.743. The lowest BCUT2D eigenvalue weighted by molar-refractivity contribution is -0.121. The second-order valence-corrected chi connectivity index (χ2v) is 7.45. The number of benzene rings is 2. The number of aliphatic hydroxyl groups is 1. The average molecular weight is 365 g/mol. The van der Waals surface area contributed by atoms with Gasteiger partial charge in [-0.1, -0.05) is 18.2 Å². The molecule has 1 amide bonds. The van der Waals surface area contributed by atoms with Crippen molar-refractivity contribution in [1.29, 1.82) is 0 Å². The summed E-state index contributed by atoms with van der Waals surface area (Å²) in [7, 11) is 0. The van der Waals surface area contributed by atoms with Gasteiger partial charge in [-0.3, -0.25) is 9.69 Å². The smallest absolute Gasteiger partial charge is 0.241 e. The van der Waals surface area contributed by atoms with Crippen molar-refractivity contribution in [1.82, 2.24) is 9.47 Å². The second kappa shape index (κ2) is 7.33. The van der Waals surface area contributed by atoms with E-state index in [1.54, 1.807) is 0 Å². The fraction of sp³-hybridized carbons (Fsp3) is 0.409. The van der Waals surface area contributed by atoms with Gasteiger partial charge in [-0.2, -0.15) is 0 Å². The van der Waals surface area contributed by atoms with Crippen LogP contribution in [0.1, 0.15) is 26.7 Å². The third-order valence-electron chi connectivity index (χ3n) is 5.71. The zero-order chi connectivity index (χ0) is 19.0. The molecule has 2 unspecified atom stereocenters. The van der Waals surface area contributed by atoms with Crippen molar-refractivity contribution in [3.8, 4) is 0 Å². The van der Waals surface area contributed by atoms with E-state index in [1.807, 2.05) is 13.0 Å². The number of β-amino-alcohol motifs (C(OH)–C–C–N with tert-alkyl or cyclic N) is 1. The number of hydrogen-bond donors (Lipinski definition) is 2. The first-order chi connectivity index (χ1) is 13.1. The molecule has 2 N–H and O–H groups in total. The summed E-state index contributed by atoms with van der Waals surface area (Å²) < 4.78 is 2.30. The summed E-state index contributed by atoms with van der Waals surface area (Å²) in [6.45, 7) is 6.39. The molecule has 1 aromatic heterocycles. The molecule has 0 radical (unpaired) electrons. The topological polar surface area (TPSA) is 57.5 Å². The molecule has 1 aliphatic rings. The number of aliphatic hydroxyl groups excluding tert-OH is 1. The Labute approximate surface area is 159 Å². The van der Waals surface area contributed by atoms with Crippen LogP contribution in [-0.2, 0) is 11.3 Å². The van der Waals surface area contributed by atoms with Gasteiger partial charge in [0.05, 0.1) is 12.1 Å². The first-order valence-corrected chi connectivity index (χ1v) is 9.82. The first-order valence-electron chi connectivity index (χ1n) is 9.82. The van der Waals surface area contributed by atoms with Gasteiger partial charge in [-0.15, -0.1) is 0 Å². The van der Waals surface area contributed by atoms with Crippen LogP contribution in [0.4, 0.5) is 5.69 Å². The normalized spacial score (nSPS) is 19.4. The van der Waals surface area contributed by atoms with E-state index in [0.717, 1.165) is 37.0 Å². The number of fused-ring (bicyclic) bond motifs is 3. The highest BCUT2D eigenvalue weighted by Crippen LogP contribution is 2.31. The predicted molar refractivity (Wildman–Crippen MR) is 110 cm³/mol. The SMILES string of the molecule is CCn1c2ccccc2c2cc(NC(=O)C(C)N3CCCC(O)C3)ccc21. The van der Waals surface area contributed by atoms with Gasteiger partial charge in [0.1, 0.15) is 0 Å². The summed E-state index contributed by atoms with van der Waals surface area (Å²) in [5.41, 5.74) is 3.22. The van der Waals surface area contributed by atoms with Crippen molar-refractivity contribution < 1.29 is 9.90 Å². The third-order valence-corrected chi connectivity index (χ3v) is 5.71. The van der Waals surface area contributed by atoms with Gasteiger partial charge in [-0.25, -0.2) is 0 Å². The second-order valence-electron chi connectivity index (χ2n) is 7.45. The van der Waals surface area contributed by atoms with Crippen molar-refractivity contribution in [2.45, 2.75) is 45.4 Å². The van der Waals surface area contributed by atoms with Gasteiger partial charge in [-0.05, 0) is 57.5 Å². The molecule has 0 aliphatic carbocycles. The predicted octanol–water partition coefficient (Wildman–Crippen LogP) is 3.60. The van der Waals surface area contributed by atoms with Gasteiger partial charge >= 0.3 is 0 Å². The zero-order valence-electron chi connectivity index (χ0n) is 16.0. The van der Waals surface area contributed by atoms with Crippen molar-refractivity contribution >= 4 is 33.4 Å². The van der Waals surface area contributed by atoms with Crippen molar-refractivity contribution in [3.63, 3.8) is 0 Å². The minimum atomic E-state index is -0.328. The highest BCUT2D eigenvalue weighted by molar-refractivity contribution is 6.10. The molecule has 5 heteroatoms. The highest BCUT2D eigenvalue weighted by atomic mass is 16.3. The van der Waals surface area contributed by atoms with Gasteiger partial charge < -0.3 is 15.0 Å². The molecule has 2 aromatic carbocycles. The van der Waals surface area contributed by atoms with Crippen molar-refractivity contribution in [2.75, 3.05) is 18.4 Å². The van der Waals surface area contributed by atoms with Crippen LogP contribution < -0.4 is 5.32 Å². The average Bonchev–Trinajstić information content (AvgIpc) is 3.00. The molecule has 1 aliphatic heterocycles. The maximum absolute atomic E-state index is 12.7. The minimum Gasteiger partial charge on any atom is -0.392 e. The molecule has 2 heterocycles.